The number of rotatable bonds is 5. The first kappa shape index (κ1) is 13.2. The van der Waals surface area contributed by atoms with E-state index in [2.05, 4.69) is 4.98 Å². The quantitative estimate of drug-likeness (QED) is 0.884. The average molecular weight is 264 g/mol. The van der Waals surface area contributed by atoms with Crippen LogP contribution in [0.25, 0.3) is 5.69 Å². The summed E-state index contributed by atoms with van der Waals surface area (Å²) in [6.45, 7) is -0.0998. The van der Waals surface area contributed by atoms with Gasteiger partial charge in [0.1, 0.15) is 0 Å². The van der Waals surface area contributed by atoms with Crippen LogP contribution in [0.15, 0.2) is 24.7 Å². The minimum Gasteiger partial charge on any atom is -0.493 e. The molecule has 0 saturated carbocycles. The molecule has 0 radical (unpaired) electrons. The summed E-state index contributed by atoms with van der Waals surface area (Å²) in [6.07, 6.45) is 3.35. The van der Waals surface area contributed by atoms with E-state index in [9.17, 15) is 0 Å². The number of hydrogen-bond acceptors (Lipinski definition) is 5. The molecule has 2 aromatic rings. The lowest BCUT2D eigenvalue weighted by Crippen LogP contribution is -1.98. The van der Waals surface area contributed by atoms with E-state index >= 15 is 0 Å². The molecule has 0 aliphatic carbocycles. The molecular weight excluding hydrogens is 248 g/mol. The fourth-order valence-electron chi connectivity index (χ4n) is 1.80. The maximum atomic E-state index is 9.04. The lowest BCUT2D eigenvalue weighted by atomic mass is 10.2. The third kappa shape index (κ3) is 2.48. The van der Waals surface area contributed by atoms with Crippen molar-refractivity contribution in [2.75, 3.05) is 21.3 Å². The van der Waals surface area contributed by atoms with Crippen LogP contribution in [-0.2, 0) is 6.61 Å². The Hall–Kier alpha value is -2.21. The van der Waals surface area contributed by atoms with Crippen molar-refractivity contribution in [1.82, 2.24) is 9.55 Å². The molecule has 6 heteroatoms. The molecule has 0 aliphatic heterocycles. The molecule has 19 heavy (non-hydrogen) atoms. The summed E-state index contributed by atoms with van der Waals surface area (Å²) in [4.78, 5) is 4.06. The van der Waals surface area contributed by atoms with Gasteiger partial charge in [-0.3, -0.25) is 0 Å². The van der Waals surface area contributed by atoms with Gasteiger partial charge >= 0.3 is 0 Å². The second-order valence-corrected chi connectivity index (χ2v) is 3.81. The first-order valence-electron chi connectivity index (χ1n) is 5.67. The highest BCUT2D eigenvalue weighted by Crippen LogP contribution is 2.39. The van der Waals surface area contributed by atoms with Crippen LogP contribution in [0.4, 0.5) is 0 Å². The van der Waals surface area contributed by atoms with E-state index in [1.807, 2.05) is 12.1 Å². The number of methoxy groups -OCH3 is 3. The number of nitrogens with zero attached hydrogens (tertiary/aromatic N) is 2. The molecule has 2 rings (SSSR count). The average Bonchev–Trinajstić information content (AvgIpc) is 2.94. The molecule has 0 spiro atoms. The first-order chi connectivity index (χ1) is 9.23. The van der Waals surface area contributed by atoms with Crippen molar-refractivity contribution in [3.05, 3.63) is 30.4 Å². The van der Waals surface area contributed by atoms with Gasteiger partial charge in [0.05, 0.1) is 45.6 Å². The smallest absolute Gasteiger partial charge is 0.203 e. The fourth-order valence-corrected chi connectivity index (χ4v) is 1.80. The lowest BCUT2D eigenvalue weighted by molar-refractivity contribution is 0.277. The van der Waals surface area contributed by atoms with Gasteiger partial charge in [0.15, 0.2) is 11.5 Å². The Kier molecular flexibility index (Phi) is 3.91. The first-order valence-corrected chi connectivity index (χ1v) is 5.67. The van der Waals surface area contributed by atoms with E-state index < -0.39 is 0 Å². The van der Waals surface area contributed by atoms with Gasteiger partial charge in [-0.2, -0.15) is 0 Å². The van der Waals surface area contributed by atoms with Crippen molar-refractivity contribution in [2.45, 2.75) is 6.61 Å². The predicted molar refractivity (Wildman–Crippen MR) is 69.1 cm³/mol. The molecule has 0 fully saturated rings. The third-order valence-corrected chi connectivity index (χ3v) is 2.75. The van der Waals surface area contributed by atoms with E-state index in [0.29, 0.717) is 22.9 Å². The van der Waals surface area contributed by atoms with Gasteiger partial charge in [0.25, 0.3) is 0 Å². The van der Waals surface area contributed by atoms with Crippen molar-refractivity contribution in [1.29, 1.82) is 0 Å². The molecule has 0 amide bonds. The summed E-state index contributed by atoms with van der Waals surface area (Å²) < 4.78 is 17.6. The Morgan fingerprint density at radius 1 is 1.11 bits per heavy atom. The normalized spacial score (nSPS) is 10.3. The van der Waals surface area contributed by atoms with Gasteiger partial charge in [-0.25, -0.2) is 4.98 Å². The standard InChI is InChI=1S/C13H16N2O4/c1-17-11-4-10(5-12(18-2)13(11)19-3)15-6-9(7-16)14-8-15/h4-6,8,16H,7H2,1-3H3. The third-order valence-electron chi connectivity index (χ3n) is 2.75. The van der Waals surface area contributed by atoms with Crippen LogP contribution in [-0.4, -0.2) is 36.0 Å². The zero-order valence-electron chi connectivity index (χ0n) is 11.1. The molecule has 1 aromatic carbocycles. The van der Waals surface area contributed by atoms with E-state index in [1.54, 1.807) is 38.4 Å². The molecule has 1 aromatic heterocycles. The minimum absolute atomic E-state index is 0.0998. The molecule has 1 N–H and O–H groups in total. The van der Waals surface area contributed by atoms with Crippen LogP contribution >= 0.6 is 0 Å². The van der Waals surface area contributed by atoms with Crippen LogP contribution in [0.1, 0.15) is 5.69 Å². The van der Waals surface area contributed by atoms with Gasteiger partial charge in [-0.1, -0.05) is 0 Å². The highest BCUT2D eigenvalue weighted by atomic mass is 16.5. The number of imidazole rings is 1. The second kappa shape index (κ2) is 5.62. The van der Waals surface area contributed by atoms with Crippen LogP contribution in [0.2, 0.25) is 0 Å². The van der Waals surface area contributed by atoms with Crippen molar-refractivity contribution in [3.8, 4) is 22.9 Å². The Morgan fingerprint density at radius 3 is 2.16 bits per heavy atom. The Bertz CT molecular complexity index is 541. The van der Waals surface area contributed by atoms with Crippen LogP contribution in [0, 0.1) is 0 Å². The molecule has 0 aliphatic rings. The van der Waals surface area contributed by atoms with Crippen molar-refractivity contribution in [3.63, 3.8) is 0 Å². The van der Waals surface area contributed by atoms with Gasteiger partial charge in [0, 0.05) is 18.3 Å². The Balaban J connectivity index is 2.51. The largest absolute Gasteiger partial charge is 0.493 e. The molecule has 0 bridgehead atoms. The van der Waals surface area contributed by atoms with Crippen LogP contribution < -0.4 is 14.2 Å². The van der Waals surface area contributed by atoms with E-state index in [-0.39, 0.29) is 6.61 Å². The number of ether oxygens (including phenoxy) is 3. The summed E-state index contributed by atoms with van der Waals surface area (Å²) >= 11 is 0. The van der Waals surface area contributed by atoms with Gasteiger partial charge in [-0.15, -0.1) is 0 Å². The Morgan fingerprint density at radius 2 is 1.74 bits per heavy atom. The van der Waals surface area contributed by atoms with Gasteiger partial charge in [-0.05, 0) is 0 Å². The van der Waals surface area contributed by atoms with E-state index in [1.165, 1.54) is 0 Å². The maximum Gasteiger partial charge on any atom is 0.203 e. The predicted octanol–water partition coefficient (Wildman–Crippen LogP) is 1.39. The minimum atomic E-state index is -0.0998. The highest BCUT2D eigenvalue weighted by Gasteiger charge is 2.14. The van der Waals surface area contributed by atoms with E-state index in [4.69, 9.17) is 19.3 Å². The monoisotopic (exact) mass is 264 g/mol. The van der Waals surface area contributed by atoms with E-state index in [0.717, 1.165) is 5.69 Å². The van der Waals surface area contributed by atoms with Crippen LogP contribution in [0.3, 0.4) is 0 Å². The summed E-state index contributed by atoms with van der Waals surface area (Å²) in [6, 6.07) is 3.62. The maximum absolute atomic E-state index is 9.04. The molecular formula is C13H16N2O4. The molecule has 0 unspecified atom stereocenters. The van der Waals surface area contributed by atoms with Crippen molar-refractivity contribution >= 4 is 0 Å². The summed E-state index contributed by atoms with van der Waals surface area (Å²) in [5, 5.41) is 9.04. The molecule has 1 heterocycles. The highest BCUT2D eigenvalue weighted by molar-refractivity contribution is 5.58. The lowest BCUT2D eigenvalue weighted by Gasteiger charge is -2.14. The zero-order chi connectivity index (χ0) is 13.8. The van der Waals surface area contributed by atoms with Gasteiger partial charge < -0.3 is 23.9 Å². The molecule has 6 nitrogen and oxygen atoms in total. The number of hydrogen-bond donors (Lipinski definition) is 1. The van der Waals surface area contributed by atoms with Crippen molar-refractivity contribution in [2.24, 2.45) is 0 Å². The van der Waals surface area contributed by atoms with Gasteiger partial charge in [0.2, 0.25) is 5.75 Å². The van der Waals surface area contributed by atoms with Crippen LogP contribution in [0.5, 0.6) is 17.2 Å². The SMILES string of the molecule is COc1cc(-n2cnc(CO)c2)cc(OC)c1OC. The number of aliphatic hydroxyl groups is 1. The molecule has 0 atom stereocenters. The number of aliphatic hydroxyl groups excluding tert-OH is 1. The fraction of sp³-hybridized carbons (Fsp3) is 0.308. The second-order valence-electron chi connectivity index (χ2n) is 3.81. The molecule has 102 valence electrons. The van der Waals surface area contributed by atoms with Crippen molar-refractivity contribution < 1.29 is 19.3 Å². The topological polar surface area (TPSA) is 65.7 Å². The number of aromatic nitrogens is 2. The zero-order valence-corrected chi connectivity index (χ0v) is 11.1. The summed E-state index contributed by atoms with van der Waals surface area (Å²) in [7, 11) is 4.68. The number of benzene rings is 1. The summed E-state index contributed by atoms with van der Waals surface area (Å²) in [5.74, 6) is 1.67. The summed E-state index contributed by atoms with van der Waals surface area (Å²) in [5.41, 5.74) is 1.40. The Labute approximate surface area is 111 Å². The molecule has 0 saturated heterocycles.